The van der Waals surface area contributed by atoms with Crippen LogP contribution in [0.2, 0.25) is 0 Å². The summed E-state index contributed by atoms with van der Waals surface area (Å²) in [5.41, 5.74) is 1.82. The fraction of sp³-hybridized carbons (Fsp3) is 0.214. The van der Waals surface area contributed by atoms with Crippen molar-refractivity contribution in [1.82, 2.24) is 4.98 Å². The van der Waals surface area contributed by atoms with Crippen molar-refractivity contribution in [3.63, 3.8) is 0 Å². The van der Waals surface area contributed by atoms with Gasteiger partial charge in [-0.1, -0.05) is 6.07 Å². The molecule has 0 unspecified atom stereocenters. The summed E-state index contributed by atoms with van der Waals surface area (Å²) in [6.07, 6.45) is 3.02. The number of ether oxygens (including phenoxy) is 1. The van der Waals surface area contributed by atoms with E-state index in [0.29, 0.717) is 12.8 Å². The first-order valence-corrected chi connectivity index (χ1v) is 5.84. The zero-order chi connectivity index (χ0) is 12.8. The minimum atomic E-state index is -0.00199. The molecule has 0 aliphatic heterocycles. The Hall–Kier alpha value is -2.23. The quantitative estimate of drug-likeness (QED) is 0.849. The van der Waals surface area contributed by atoms with Crippen LogP contribution in [0.5, 0.6) is 5.75 Å². The number of hydrogen-bond donors (Lipinski definition) is 2. The molecule has 0 bridgehead atoms. The monoisotopic (exact) mass is 244 g/mol. The third kappa shape index (κ3) is 3.38. The normalized spacial score (nSPS) is 10.1. The SMILES string of the molecule is COc1cccc(NC(=O)CCc2ccc[nH]2)c1. The molecule has 0 atom stereocenters. The van der Waals surface area contributed by atoms with Gasteiger partial charge in [-0.15, -0.1) is 0 Å². The van der Waals surface area contributed by atoms with Gasteiger partial charge in [0.25, 0.3) is 0 Å². The van der Waals surface area contributed by atoms with Gasteiger partial charge in [0.1, 0.15) is 5.75 Å². The number of nitrogens with one attached hydrogen (secondary N) is 2. The predicted octanol–water partition coefficient (Wildman–Crippen LogP) is 2.59. The molecule has 0 radical (unpaired) electrons. The highest BCUT2D eigenvalue weighted by Crippen LogP contribution is 2.16. The Labute approximate surface area is 106 Å². The molecule has 0 saturated heterocycles. The minimum absolute atomic E-state index is 0.00199. The molecule has 0 saturated carbocycles. The number of anilines is 1. The number of rotatable bonds is 5. The second kappa shape index (κ2) is 5.91. The molecule has 1 heterocycles. The molecular formula is C14H16N2O2. The van der Waals surface area contributed by atoms with E-state index in [0.717, 1.165) is 17.1 Å². The van der Waals surface area contributed by atoms with E-state index in [1.54, 1.807) is 13.2 Å². The maximum atomic E-state index is 11.7. The van der Waals surface area contributed by atoms with Crippen molar-refractivity contribution in [2.24, 2.45) is 0 Å². The van der Waals surface area contributed by atoms with Gasteiger partial charge >= 0.3 is 0 Å². The lowest BCUT2D eigenvalue weighted by atomic mass is 10.2. The standard InChI is InChI=1S/C14H16N2O2/c1-18-13-6-2-4-12(10-13)16-14(17)8-7-11-5-3-9-15-11/h2-6,9-10,15H,7-8H2,1H3,(H,16,17). The van der Waals surface area contributed by atoms with Gasteiger partial charge < -0.3 is 15.0 Å². The van der Waals surface area contributed by atoms with Gasteiger partial charge in [0.05, 0.1) is 7.11 Å². The highest BCUT2D eigenvalue weighted by Gasteiger charge is 2.04. The Morgan fingerprint density at radius 3 is 2.94 bits per heavy atom. The van der Waals surface area contributed by atoms with Crippen LogP contribution in [0, 0.1) is 0 Å². The van der Waals surface area contributed by atoms with Crippen molar-refractivity contribution in [3.05, 3.63) is 48.3 Å². The number of carbonyl (C=O) groups is 1. The summed E-state index contributed by atoms with van der Waals surface area (Å²) < 4.78 is 5.10. The summed E-state index contributed by atoms with van der Waals surface area (Å²) >= 11 is 0. The minimum Gasteiger partial charge on any atom is -0.497 e. The van der Waals surface area contributed by atoms with E-state index in [2.05, 4.69) is 10.3 Å². The molecule has 0 fully saturated rings. The van der Waals surface area contributed by atoms with E-state index < -0.39 is 0 Å². The Balaban J connectivity index is 1.86. The summed E-state index contributed by atoms with van der Waals surface area (Å²) in [6, 6.07) is 11.2. The van der Waals surface area contributed by atoms with E-state index in [1.807, 2.05) is 36.5 Å². The van der Waals surface area contributed by atoms with Crippen LogP contribution in [0.15, 0.2) is 42.6 Å². The molecule has 2 aromatic rings. The molecule has 0 aliphatic rings. The first-order valence-electron chi connectivity index (χ1n) is 5.84. The molecule has 94 valence electrons. The molecule has 1 aromatic heterocycles. The number of hydrogen-bond acceptors (Lipinski definition) is 2. The van der Waals surface area contributed by atoms with Crippen molar-refractivity contribution < 1.29 is 9.53 Å². The molecule has 1 aromatic carbocycles. The maximum absolute atomic E-state index is 11.7. The molecule has 1 amide bonds. The first-order chi connectivity index (χ1) is 8.78. The van der Waals surface area contributed by atoms with Crippen LogP contribution >= 0.6 is 0 Å². The Bertz CT molecular complexity index is 506. The molecule has 2 rings (SSSR count). The lowest BCUT2D eigenvalue weighted by Crippen LogP contribution is -2.12. The topological polar surface area (TPSA) is 54.1 Å². The summed E-state index contributed by atoms with van der Waals surface area (Å²) in [7, 11) is 1.60. The van der Waals surface area contributed by atoms with Crippen molar-refractivity contribution in [1.29, 1.82) is 0 Å². The molecular weight excluding hydrogens is 228 g/mol. The van der Waals surface area contributed by atoms with Crippen molar-refractivity contribution in [2.75, 3.05) is 12.4 Å². The van der Waals surface area contributed by atoms with E-state index in [-0.39, 0.29) is 5.91 Å². The number of aryl methyl sites for hydroxylation is 1. The van der Waals surface area contributed by atoms with Gasteiger partial charge in [-0.25, -0.2) is 0 Å². The summed E-state index contributed by atoms with van der Waals surface area (Å²) in [5, 5.41) is 2.85. The third-order valence-electron chi connectivity index (χ3n) is 2.64. The average molecular weight is 244 g/mol. The number of aromatic amines is 1. The zero-order valence-corrected chi connectivity index (χ0v) is 10.3. The van der Waals surface area contributed by atoms with Crippen LogP contribution in [0.3, 0.4) is 0 Å². The number of amides is 1. The molecule has 2 N–H and O–H groups in total. The number of aromatic nitrogens is 1. The van der Waals surface area contributed by atoms with E-state index in [1.165, 1.54) is 0 Å². The smallest absolute Gasteiger partial charge is 0.224 e. The molecule has 0 aliphatic carbocycles. The van der Waals surface area contributed by atoms with Gasteiger partial charge in [0.2, 0.25) is 5.91 Å². The highest BCUT2D eigenvalue weighted by atomic mass is 16.5. The van der Waals surface area contributed by atoms with Gasteiger partial charge in [-0.2, -0.15) is 0 Å². The number of methoxy groups -OCH3 is 1. The molecule has 4 nitrogen and oxygen atoms in total. The summed E-state index contributed by atoms with van der Waals surface area (Å²) in [6.45, 7) is 0. The second-order valence-corrected chi connectivity index (χ2v) is 3.98. The van der Waals surface area contributed by atoms with Gasteiger partial charge in [-0.3, -0.25) is 4.79 Å². The Morgan fingerprint density at radius 1 is 1.33 bits per heavy atom. The Morgan fingerprint density at radius 2 is 2.22 bits per heavy atom. The van der Waals surface area contributed by atoms with E-state index in [4.69, 9.17) is 4.74 Å². The van der Waals surface area contributed by atoms with Crippen LogP contribution in [0.1, 0.15) is 12.1 Å². The Kier molecular flexibility index (Phi) is 4.02. The highest BCUT2D eigenvalue weighted by molar-refractivity contribution is 5.90. The zero-order valence-electron chi connectivity index (χ0n) is 10.3. The van der Waals surface area contributed by atoms with Crippen LogP contribution in [0.4, 0.5) is 5.69 Å². The van der Waals surface area contributed by atoms with Gasteiger partial charge in [0.15, 0.2) is 0 Å². The fourth-order valence-electron chi connectivity index (χ4n) is 1.70. The van der Waals surface area contributed by atoms with Crippen LogP contribution in [0.25, 0.3) is 0 Å². The average Bonchev–Trinajstić information content (AvgIpc) is 2.90. The molecule has 4 heteroatoms. The fourth-order valence-corrected chi connectivity index (χ4v) is 1.70. The van der Waals surface area contributed by atoms with Crippen molar-refractivity contribution >= 4 is 11.6 Å². The largest absolute Gasteiger partial charge is 0.497 e. The van der Waals surface area contributed by atoms with Crippen LogP contribution in [-0.4, -0.2) is 18.0 Å². The maximum Gasteiger partial charge on any atom is 0.224 e. The lowest BCUT2D eigenvalue weighted by Gasteiger charge is -2.06. The molecule has 0 spiro atoms. The number of benzene rings is 1. The van der Waals surface area contributed by atoms with Crippen LogP contribution in [-0.2, 0) is 11.2 Å². The van der Waals surface area contributed by atoms with E-state index >= 15 is 0 Å². The lowest BCUT2D eigenvalue weighted by molar-refractivity contribution is -0.116. The first kappa shape index (κ1) is 12.2. The van der Waals surface area contributed by atoms with Crippen molar-refractivity contribution in [3.8, 4) is 5.75 Å². The molecule has 18 heavy (non-hydrogen) atoms. The number of carbonyl (C=O) groups excluding carboxylic acids is 1. The van der Waals surface area contributed by atoms with Gasteiger partial charge in [-0.05, 0) is 30.7 Å². The van der Waals surface area contributed by atoms with Gasteiger partial charge in [0, 0.05) is 30.1 Å². The predicted molar refractivity (Wildman–Crippen MR) is 70.7 cm³/mol. The van der Waals surface area contributed by atoms with E-state index in [9.17, 15) is 4.79 Å². The van der Waals surface area contributed by atoms with Crippen molar-refractivity contribution in [2.45, 2.75) is 12.8 Å². The number of H-pyrrole nitrogens is 1. The summed E-state index contributed by atoms with van der Waals surface area (Å²) in [4.78, 5) is 14.8. The third-order valence-corrected chi connectivity index (χ3v) is 2.64. The van der Waals surface area contributed by atoms with Crippen LogP contribution < -0.4 is 10.1 Å². The second-order valence-electron chi connectivity index (χ2n) is 3.98. The summed E-state index contributed by atoms with van der Waals surface area (Å²) in [5.74, 6) is 0.732.